The van der Waals surface area contributed by atoms with Crippen LogP contribution in [0, 0.1) is 10.1 Å². The molecule has 8 heteroatoms. The van der Waals surface area contributed by atoms with Crippen LogP contribution >= 0.6 is 39.1 Å². The number of carbonyl (C=O) groups excluding carboxylic acids is 1. The van der Waals surface area contributed by atoms with Crippen molar-refractivity contribution in [2.75, 3.05) is 0 Å². The molecule has 0 N–H and O–H groups in total. The Kier molecular flexibility index (Phi) is 5.89. The molecule has 0 unspecified atom stereocenters. The maximum Gasteiger partial charge on any atom is 0.272 e. The average Bonchev–Trinajstić information content (AvgIpc) is 2.65. The van der Waals surface area contributed by atoms with Gasteiger partial charge in [-0.15, -0.1) is 0 Å². The zero-order valence-corrected chi connectivity index (χ0v) is 16.8. The van der Waals surface area contributed by atoms with E-state index in [1.165, 1.54) is 18.3 Å². The Morgan fingerprint density at radius 1 is 1.07 bits per heavy atom. The third kappa shape index (κ3) is 4.53. The molecular formula is C19H11BrCl2N2O3. The lowest BCUT2D eigenvalue weighted by atomic mass is 10.00. The molecule has 1 aromatic heterocycles. The van der Waals surface area contributed by atoms with Gasteiger partial charge in [-0.3, -0.25) is 14.9 Å². The zero-order chi connectivity index (χ0) is 19.6. The number of non-ortho nitro benzene ring substituents is 1. The van der Waals surface area contributed by atoms with Gasteiger partial charge >= 0.3 is 0 Å². The highest BCUT2D eigenvalue weighted by molar-refractivity contribution is 9.10. The quantitative estimate of drug-likeness (QED) is 0.204. The highest BCUT2D eigenvalue weighted by Crippen LogP contribution is 2.32. The van der Waals surface area contributed by atoms with E-state index in [1.54, 1.807) is 24.3 Å². The van der Waals surface area contributed by atoms with Gasteiger partial charge in [-0.2, -0.15) is 0 Å². The molecule has 0 atom stereocenters. The molecule has 3 aromatic rings. The summed E-state index contributed by atoms with van der Waals surface area (Å²) < 4.78 is 0.564. The first-order valence-corrected chi connectivity index (χ1v) is 9.27. The molecule has 5 nitrogen and oxygen atoms in total. The van der Waals surface area contributed by atoms with Gasteiger partial charge in [-0.05, 0) is 23.3 Å². The summed E-state index contributed by atoms with van der Waals surface area (Å²) in [5, 5.41) is 11.5. The smallest absolute Gasteiger partial charge is 0.272 e. The van der Waals surface area contributed by atoms with Crippen molar-refractivity contribution >= 4 is 50.6 Å². The van der Waals surface area contributed by atoms with Crippen LogP contribution < -0.4 is 0 Å². The Morgan fingerprint density at radius 2 is 1.74 bits per heavy atom. The molecule has 0 radical (unpaired) electrons. The van der Waals surface area contributed by atoms with Gasteiger partial charge in [0.1, 0.15) is 5.15 Å². The van der Waals surface area contributed by atoms with E-state index < -0.39 is 4.92 Å². The summed E-state index contributed by atoms with van der Waals surface area (Å²) in [5.74, 6) is -0.153. The molecule has 0 spiro atoms. The van der Waals surface area contributed by atoms with Gasteiger partial charge in [0.25, 0.3) is 5.69 Å². The van der Waals surface area contributed by atoms with E-state index in [-0.39, 0.29) is 11.5 Å². The van der Waals surface area contributed by atoms with E-state index >= 15 is 0 Å². The predicted molar refractivity (Wildman–Crippen MR) is 108 cm³/mol. The molecule has 3 rings (SSSR count). The number of hydrogen-bond acceptors (Lipinski definition) is 4. The molecule has 0 aliphatic heterocycles. The number of ketones is 1. The van der Waals surface area contributed by atoms with Crippen LogP contribution in [0.5, 0.6) is 0 Å². The fourth-order valence-electron chi connectivity index (χ4n) is 2.52. The summed E-state index contributed by atoms with van der Waals surface area (Å²) in [5.41, 5.74) is 2.55. The second-order valence-electron chi connectivity index (χ2n) is 5.72. The highest BCUT2D eigenvalue weighted by Gasteiger charge is 2.15. The lowest BCUT2D eigenvalue weighted by Crippen LogP contribution is -2.02. The van der Waals surface area contributed by atoms with Crippen LogP contribution in [0.15, 0.2) is 59.2 Å². The van der Waals surface area contributed by atoms with Crippen LogP contribution in [0.4, 0.5) is 5.69 Å². The first-order valence-electron chi connectivity index (χ1n) is 7.72. The summed E-state index contributed by atoms with van der Waals surface area (Å²) in [6, 6.07) is 13.0. The minimum Gasteiger partial charge on any atom is -0.289 e. The Bertz CT molecular complexity index is 999. The van der Waals surface area contributed by atoms with Crippen molar-refractivity contribution in [1.29, 1.82) is 0 Å². The number of benzene rings is 2. The summed E-state index contributed by atoms with van der Waals surface area (Å²) in [6.07, 6.45) is 1.90. The molecule has 0 amide bonds. The van der Waals surface area contributed by atoms with Crippen LogP contribution in [0.1, 0.15) is 27.0 Å². The van der Waals surface area contributed by atoms with E-state index in [9.17, 15) is 14.9 Å². The van der Waals surface area contributed by atoms with E-state index in [4.69, 9.17) is 23.2 Å². The fraction of sp³-hybridized carbons (Fsp3) is 0.0526. The van der Waals surface area contributed by atoms with Crippen molar-refractivity contribution in [1.82, 2.24) is 4.98 Å². The second kappa shape index (κ2) is 8.17. The molecule has 27 heavy (non-hydrogen) atoms. The molecule has 0 aliphatic carbocycles. The van der Waals surface area contributed by atoms with Crippen LogP contribution in [0.2, 0.25) is 10.2 Å². The third-order valence-electron chi connectivity index (χ3n) is 3.92. The van der Waals surface area contributed by atoms with Gasteiger partial charge in [0, 0.05) is 40.4 Å². The second-order valence-corrected chi connectivity index (χ2v) is 7.37. The number of halogens is 3. The number of carbonyl (C=O) groups is 1. The van der Waals surface area contributed by atoms with Crippen LogP contribution in [-0.4, -0.2) is 15.7 Å². The summed E-state index contributed by atoms with van der Waals surface area (Å²) in [7, 11) is 0. The lowest BCUT2D eigenvalue weighted by molar-refractivity contribution is -0.384. The van der Waals surface area contributed by atoms with E-state index in [2.05, 4.69) is 20.9 Å². The van der Waals surface area contributed by atoms with Crippen molar-refractivity contribution in [2.24, 2.45) is 0 Å². The van der Waals surface area contributed by atoms with Crippen molar-refractivity contribution in [2.45, 2.75) is 6.42 Å². The number of hydrogen-bond donors (Lipinski definition) is 0. The van der Waals surface area contributed by atoms with Gasteiger partial charge in [0.2, 0.25) is 0 Å². The molecule has 1 heterocycles. The normalized spacial score (nSPS) is 10.6. The molecular weight excluding hydrogens is 455 g/mol. The van der Waals surface area contributed by atoms with Gasteiger partial charge in [0.05, 0.1) is 9.95 Å². The number of pyridine rings is 1. The first-order chi connectivity index (χ1) is 12.8. The number of nitro benzene ring substituents is 1. The maximum absolute atomic E-state index is 12.5. The monoisotopic (exact) mass is 464 g/mol. The molecule has 0 saturated heterocycles. The van der Waals surface area contributed by atoms with Crippen molar-refractivity contribution < 1.29 is 9.72 Å². The molecule has 0 aliphatic rings. The molecule has 0 fully saturated rings. The molecule has 0 saturated carbocycles. The number of rotatable bonds is 5. The molecule has 2 aromatic carbocycles. The predicted octanol–water partition coefficient (Wildman–Crippen LogP) is 5.88. The Balaban J connectivity index is 1.81. The standard InChI is InChI=1S/C19H11BrCl2N2O3/c20-16-8-14(24(26)27)9-17(21)15(16)7-11-1-3-12(4-2-11)19(25)13-5-6-18(22)23-10-13/h1-6,8-10H,7H2. The fourth-order valence-corrected chi connectivity index (χ4v) is 3.61. The Morgan fingerprint density at radius 3 is 2.30 bits per heavy atom. The average molecular weight is 466 g/mol. The zero-order valence-electron chi connectivity index (χ0n) is 13.7. The Hall–Kier alpha value is -2.28. The van der Waals surface area contributed by atoms with Gasteiger partial charge in [-0.1, -0.05) is 63.4 Å². The largest absolute Gasteiger partial charge is 0.289 e. The van der Waals surface area contributed by atoms with Crippen molar-refractivity contribution in [3.8, 4) is 0 Å². The third-order valence-corrected chi connectivity index (χ3v) is 5.19. The summed E-state index contributed by atoms with van der Waals surface area (Å²) in [6.45, 7) is 0. The minimum atomic E-state index is -0.494. The minimum absolute atomic E-state index is 0.0758. The van der Waals surface area contributed by atoms with Crippen LogP contribution in [0.25, 0.3) is 0 Å². The number of nitrogens with zero attached hydrogens (tertiary/aromatic N) is 2. The van der Waals surface area contributed by atoms with Gasteiger partial charge in [-0.25, -0.2) is 4.98 Å². The summed E-state index contributed by atoms with van der Waals surface area (Å²) in [4.78, 5) is 26.8. The highest BCUT2D eigenvalue weighted by atomic mass is 79.9. The maximum atomic E-state index is 12.5. The molecule has 0 bridgehead atoms. The van der Waals surface area contributed by atoms with E-state index in [0.29, 0.717) is 32.2 Å². The lowest BCUT2D eigenvalue weighted by Gasteiger charge is -2.08. The summed E-state index contributed by atoms with van der Waals surface area (Å²) >= 11 is 15.3. The number of aromatic nitrogens is 1. The topological polar surface area (TPSA) is 73.1 Å². The van der Waals surface area contributed by atoms with E-state index in [1.807, 2.05) is 12.1 Å². The Labute approximate surface area is 173 Å². The SMILES string of the molecule is O=C(c1ccc(Cc2c(Cl)cc([N+](=O)[O-])cc2Br)cc1)c1ccc(Cl)nc1. The van der Waals surface area contributed by atoms with Gasteiger partial charge in [0.15, 0.2) is 5.78 Å². The van der Waals surface area contributed by atoms with E-state index in [0.717, 1.165) is 11.1 Å². The van der Waals surface area contributed by atoms with Crippen LogP contribution in [0.3, 0.4) is 0 Å². The number of nitro groups is 1. The van der Waals surface area contributed by atoms with Crippen molar-refractivity contribution in [3.05, 3.63) is 102 Å². The van der Waals surface area contributed by atoms with Gasteiger partial charge < -0.3 is 0 Å². The van der Waals surface area contributed by atoms with Crippen molar-refractivity contribution in [3.63, 3.8) is 0 Å². The first kappa shape index (κ1) is 19.5. The van der Waals surface area contributed by atoms with Crippen LogP contribution in [-0.2, 0) is 6.42 Å². The molecule has 136 valence electrons.